The van der Waals surface area contributed by atoms with Gasteiger partial charge >= 0.3 is 0 Å². The van der Waals surface area contributed by atoms with Crippen LogP contribution < -0.4 is 15.0 Å². The summed E-state index contributed by atoms with van der Waals surface area (Å²) in [6, 6.07) is 11.6. The lowest BCUT2D eigenvalue weighted by Crippen LogP contribution is -2.52. The van der Waals surface area contributed by atoms with Gasteiger partial charge in [-0.15, -0.1) is 0 Å². The van der Waals surface area contributed by atoms with Gasteiger partial charge in [-0.1, -0.05) is 31.5 Å². The van der Waals surface area contributed by atoms with Crippen LogP contribution in [0.3, 0.4) is 0 Å². The van der Waals surface area contributed by atoms with Gasteiger partial charge in [-0.2, -0.15) is 0 Å². The first-order chi connectivity index (χ1) is 15.3. The molecule has 1 aliphatic rings. The first-order valence-electron chi connectivity index (χ1n) is 10.3. The number of benzene rings is 2. The van der Waals surface area contributed by atoms with Crippen LogP contribution >= 0.6 is 23.8 Å². The Bertz CT molecular complexity index is 992. The molecule has 170 valence electrons. The molecule has 1 saturated heterocycles. The second-order valence-electron chi connectivity index (χ2n) is 7.83. The van der Waals surface area contributed by atoms with Crippen molar-refractivity contribution in [3.05, 3.63) is 63.2 Å². The van der Waals surface area contributed by atoms with Crippen molar-refractivity contribution in [2.24, 2.45) is 5.92 Å². The summed E-state index contributed by atoms with van der Waals surface area (Å²) in [4.78, 5) is 27.2. The summed E-state index contributed by atoms with van der Waals surface area (Å²) in [5.41, 5.74) is 0.866. The average Bonchev–Trinajstić information content (AvgIpc) is 2.77. The number of hydrogen-bond acceptors (Lipinski definition) is 6. The number of thiocarbonyl (C=S) groups is 1. The zero-order valence-corrected chi connectivity index (χ0v) is 19.5. The third kappa shape index (κ3) is 5.86. The first-order valence-corrected chi connectivity index (χ1v) is 11.1. The highest BCUT2D eigenvalue weighted by Gasteiger charge is 2.27. The fourth-order valence-electron chi connectivity index (χ4n) is 3.31. The molecule has 1 N–H and O–H groups in total. The largest absolute Gasteiger partial charge is 0.493 e. The van der Waals surface area contributed by atoms with Crippen LogP contribution in [-0.4, -0.2) is 53.6 Å². The highest BCUT2D eigenvalue weighted by Crippen LogP contribution is 2.35. The summed E-state index contributed by atoms with van der Waals surface area (Å²) >= 11 is 11.6. The number of para-hydroxylation sites is 1. The number of ether oxygens (including phenoxy) is 1. The molecule has 1 fully saturated rings. The zero-order chi connectivity index (χ0) is 23.3. The van der Waals surface area contributed by atoms with Gasteiger partial charge in [0, 0.05) is 37.8 Å². The van der Waals surface area contributed by atoms with E-state index < -0.39 is 4.92 Å². The summed E-state index contributed by atoms with van der Waals surface area (Å²) < 4.78 is 5.63. The highest BCUT2D eigenvalue weighted by molar-refractivity contribution is 7.80. The fourth-order valence-corrected chi connectivity index (χ4v) is 3.88. The molecule has 32 heavy (non-hydrogen) atoms. The topological polar surface area (TPSA) is 88.0 Å². The molecule has 0 bridgehead atoms. The maximum Gasteiger partial charge on any atom is 0.294 e. The zero-order valence-electron chi connectivity index (χ0n) is 17.9. The monoisotopic (exact) mass is 476 g/mol. The number of hydrogen-bond donors (Lipinski definition) is 1. The Kier molecular flexibility index (Phi) is 7.87. The molecule has 0 saturated carbocycles. The third-order valence-corrected chi connectivity index (χ3v) is 5.63. The smallest absolute Gasteiger partial charge is 0.294 e. The van der Waals surface area contributed by atoms with Crippen molar-refractivity contribution in [3.8, 4) is 5.75 Å². The van der Waals surface area contributed by atoms with E-state index in [1.165, 1.54) is 6.07 Å². The van der Waals surface area contributed by atoms with Crippen LogP contribution in [0.2, 0.25) is 5.02 Å². The normalized spacial score (nSPS) is 13.8. The van der Waals surface area contributed by atoms with E-state index in [9.17, 15) is 14.9 Å². The molecule has 8 nitrogen and oxygen atoms in total. The number of nitro groups is 1. The number of rotatable bonds is 6. The van der Waals surface area contributed by atoms with E-state index >= 15 is 0 Å². The third-order valence-electron chi connectivity index (χ3n) is 4.97. The summed E-state index contributed by atoms with van der Waals surface area (Å²) in [5, 5.41) is 14.8. The maximum absolute atomic E-state index is 12.6. The van der Waals surface area contributed by atoms with Crippen LogP contribution in [0.15, 0.2) is 42.5 Å². The number of amides is 1. The standard InChI is InChI=1S/C22H25ClN4O4S/c1-15(2)14-31-17-8-6-16(7-9-17)21(28)24-22(32)26-12-10-25(11-13-26)20-18(23)4-3-5-19(20)27(29)30/h3-9,15H,10-14H2,1-2H3,(H,24,28,32). The molecule has 0 spiro atoms. The second-order valence-corrected chi connectivity index (χ2v) is 8.62. The van der Waals surface area contributed by atoms with Crippen LogP contribution in [0.5, 0.6) is 5.75 Å². The minimum absolute atomic E-state index is 0.0253. The van der Waals surface area contributed by atoms with Crippen LogP contribution in [0.1, 0.15) is 24.2 Å². The number of nitro benzene ring substituents is 1. The van der Waals surface area contributed by atoms with Crippen molar-refractivity contribution < 1.29 is 14.5 Å². The quantitative estimate of drug-likeness (QED) is 0.381. The summed E-state index contributed by atoms with van der Waals surface area (Å²) in [7, 11) is 0. The van der Waals surface area contributed by atoms with Crippen molar-refractivity contribution in [1.82, 2.24) is 10.2 Å². The van der Waals surface area contributed by atoms with E-state index in [1.54, 1.807) is 36.4 Å². The van der Waals surface area contributed by atoms with Gasteiger partial charge in [0.05, 0.1) is 16.6 Å². The van der Waals surface area contributed by atoms with Gasteiger partial charge in [0.25, 0.3) is 11.6 Å². The summed E-state index contributed by atoms with van der Waals surface area (Å²) in [6.45, 7) is 6.73. The Balaban J connectivity index is 1.56. The lowest BCUT2D eigenvalue weighted by molar-refractivity contribution is -0.384. The average molecular weight is 477 g/mol. The highest BCUT2D eigenvalue weighted by atomic mass is 35.5. The number of nitrogens with one attached hydrogen (secondary N) is 1. The van der Waals surface area contributed by atoms with Crippen molar-refractivity contribution in [3.63, 3.8) is 0 Å². The Morgan fingerprint density at radius 2 is 1.84 bits per heavy atom. The molecule has 0 aromatic heterocycles. The van der Waals surface area contributed by atoms with Gasteiger partial charge in [0.2, 0.25) is 0 Å². The van der Waals surface area contributed by atoms with Crippen molar-refractivity contribution >= 4 is 46.2 Å². The molecular weight excluding hydrogens is 452 g/mol. The van der Waals surface area contributed by atoms with Gasteiger partial charge in [-0.25, -0.2) is 0 Å². The van der Waals surface area contributed by atoms with Gasteiger partial charge in [-0.05, 0) is 48.5 Å². The number of piperazine rings is 1. The summed E-state index contributed by atoms with van der Waals surface area (Å²) in [6.07, 6.45) is 0. The maximum atomic E-state index is 12.6. The van der Waals surface area contributed by atoms with E-state index in [2.05, 4.69) is 19.2 Å². The lowest BCUT2D eigenvalue weighted by Gasteiger charge is -2.37. The number of carbonyl (C=O) groups is 1. The minimum Gasteiger partial charge on any atom is -0.493 e. The van der Waals surface area contributed by atoms with Crippen LogP contribution in [0.25, 0.3) is 0 Å². The van der Waals surface area contributed by atoms with Crippen molar-refractivity contribution in [2.75, 3.05) is 37.7 Å². The molecular formula is C22H25ClN4O4S. The molecule has 10 heteroatoms. The predicted octanol–water partition coefficient (Wildman–Crippen LogP) is 4.12. The van der Waals surface area contributed by atoms with E-state index in [-0.39, 0.29) is 11.6 Å². The van der Waals surface area contributed by atoms with Crippen molar-refractivity contribution in [2.45, 2.75) is 13.8 Å². The molecule has 2 aromatic carbocycles. The molecule has 0 unspecified atom stereocenters. The molecule has 0 radical (unpaired) electrons. The van der Waals surface area contributed by atoms with E-state index in [0.29, 0.717) is 65.8 Å². The SMILES string of the molecule is CC(C)COc1ccc(C(=O)NC(=S)N2CCN(c3c(Cl)cccc3[N+](=O)[O-])CC2)cc1. The van der Waals surface area contributed by atoms with Gasteiger partial charge < -0.3 is 14.5 Å². The molecule has 1 amide bonds. The van der Waals surface area contributed by atoms with E-state index in [4.69, 9.17) is 28.6 Å². The van der Waals surface area contributed by atoms with Crippen LogP contribution in [-0.2, 0) is 0 Å². The fraction of sp³-hybridized carbons (Fsp3) is 0.364. The Hall–Kier alpha value is -2.91. The molecule has 1 heterocycles. The lowest BCUT2D eigenvalue weighted by atomic mass is 10.2. The number of carbonyl (C=O) groups excluding carboxylic acids is 1. The van der Waals surface area contributed by atoms with E-state index in [0.717, 1.165) is 0 Å². The van der Waals surface area contributed by atoms with Gasteiger partial charge in [-0.3, -0.25) is 20.2 Å². The number of anilines is 1. The molecule has 2 aromatic rings. The van der Waals surface area contributed by atoms with Gasteiger partial charge in [0.15, 0.2) is 5.11 Å². The predicted molar refractivity (Wildman–Crippen MR) is 129 cm³/mol. The van der Waals surface area contributed by atoms with Crippen LogP contribution in [0, 0.1) is 16.0 Å². The number of nitrogens with zero attached hydrogens (tertiary/aromatic N) is 3. The molecule has 0 atom stereocenters. The second kappa shape index (κ2) is 10.6. The number of halogens is 1. The van der Waals surface area contributed by atoms with E-state index in [1.807, 2.05) is 9.80 Å². The van der Waals surface area contributed by atoms with Gasteiger partial charge in [0.1, 0.15) is 11.4 Å². The first kappa shape index (κ1) is 23.7. The minimum atomic E-state index is -0.433. The Morgan fingerprint density at radius 3 is 2.44 bits per heavy atom. The Morgan fingerprint density at radius 1 is 1.19 bits per heavy atom. The van der Waals surface area contributed by atoms with Crippen LogP contribution in [0.4, 0.5) is 11.4 Å². The molecule has 1 aliphatic heterocycles. The summed E-state index contributed by atoms with van der Waals surface area (Å²) in [5.74, 6) is 0.831. The van der Waals surface area contributed by atoms with Crippen molar-refractivity contribution in [1.29, 1.82) is 0 Å². The molecule has 0 aliphatic carbocycles. The Labute approximate surface area is 197 Å². The molecule has 3 rings (SSSR count).